The molecule has 2 saturated carbocycles. The molecule has 0 N–H and O–H groups in total. The molecule has 1 aromatic heterocycles. The SMILES string of the molecule is Cc1ccc(CC(=O)CCc2nnc(CCC3CCCCC3)n2[C@@H]2C[C@H]2C)c(C)c1. The first-order valence-electron chi connectivity index (χ1n) is 12.0. The minimum atomic E-state index is 0.295. The van der Waals surface area contributed by atoms with E-state index < -0.39 is 0 Å². The average molecular weight is 408 g/mol. The number of rotatable bonds is 9. The summed E-state index contributed by atoms with van der Waals surface area (Å²) in [5.41, 5.74) is 3.61. The number of carbonyl (C=O) groups is 1. The van der Waals surface area contributed by atoms with Crippen LogP contribution in [0, 0.1) is 25.7 Å². The predicted octanol–water partition coefficient (Wildman–Crippen LogP) is 5.73. The molecule has 4 nitrogen and oxygen atoms in total. The number of benzene rings is 1. The van der Waals surface area contributed by atoms with Gasteiger partial charge in [0.2, 0.25) is 0 Å². The molecule has 2 aliphatic carbocycles. The maximum absolute atomic E-state index is 12.7. The summed E-state index contributed by atoms with van der Waals surface area (Å²) < 4.78 is 2.40. The van der Waals surface area contributed by atoms with Crippen LogP contribution in [0.1, 0.15) is 92.7 Å². The molecule has 2 atom stereocenters. The van der Waals surface area contributed by atoms with E-state index >= 15 is 0 Å². The predicted molar refractivity (Wildman–Crippen MR) is 121 cm³/mol. The smallest absolute Gasteiger partial charge is 0.137 e. The van der Waals surface area contributed by atoms with Gasteiger partial charge in [0.15, 0.2) is 0 Å². The Morgan fingerprint density at radius 3 is 2.43 bits per heavy atom. The maximum Gasteiger partial charge on any atom is 0.137 e. The molecular formula is C26H37N3O. The molecule has 0 aliphatic heterocycles. The molecular weight excluding hydrogens is 370 g/mol. The van der Waals surface area contributed by atoms with Gasteiger partial charge in [-0.25, -0.2) is 0 Å². The third kappa shape index (κ3) is 5.19. The second-order valence-electron chi connectivity index (χ2n) is 9.87. The van der Waals surface area contributed by atoms with E-state index in [0.29, 0.717) is 37.0 Å². The van der Waals surface area contributed by atoms with Crippen molar-refractivity contribution in [3.8, 4) is 0 Å². The molecule has 0 saturated heterocycles. The summed E-state index contributed by atoms with van der Waals surface area (Å²) in [6.07, 6.45) is 12.2. The Bertz CT molecular complexity index is 878. The highest BCUT2D eigenvalue weighted by atomic mass is 16.1. The number of hydrogen-bond donors (Lipinski definition) is 0. The van der Waals surface area contributed by atoms with Crippen LogP contribution in [0.15, 0.2) is 18.2 Å². The van der Waals surface area contributed by atoms with E-state index in [1.165, 1.54) is 56.1 Å². The second-order valence-corrected chi connectivity index (χ2v) is 9.87. The van der Waals surface area contributed by atoms with Crippen molar-refractivity contribution < 1.29 is 4.79 Å². The Labute approximate surface area is 181 Å². The van der Waals surface area contributed by atoms with Crippen molar-refractivity contribution in [2.24, 2.45) is 11.8 Å². The van der Waals surface area contributed by atoms with E-state index in [1.807, 2.05) is 0 Å². The number of Topliss-reactive ketones (excluding diaryl/α,β-unsaturated/α-hetero) is 1. The van der Waals surface area contributed by atoms with E-state index in [0.717, 1.165) is 29.6 Å². The molecule has 4 heteroatoms. The van der Waals surface area contributed by atoms with Gasteiger partial charge < -0.3 is 4.57 Å². The van der Waals surface area contributed by atoms with Crippen LogP contribution >= 0.6 is 0 Å². The van der Waals surface area contributed by atoms with Crippen molar-refractivity contribution in [2.75, 3.05) is 0 Å². The molecule has 2 aliphatic rings. The Morgan fingerprint density at radius 1 is 1.07 bits per heavy atom. The average Bonchev–Trinajstić information content (AvgIpc) is 3.31. The van der Waals surface area contributed by atoms with Gasteiger partial charge in [0.05, 0.1) is 0 Å². The fourth-order valence-corrected chi connectivity index (χ4v) is 5.15. The summed E-state index contributed by atoms with van der Waals surface area (Å²) >= 11 is 0. The minimum Gasteiger partial charge on any atom is -0.312 e. The van der Waals surface area contributed by atoms with E-state index in [2.05, 4.69) is 53.7 Å². The molecule has 0 amide bonds. The zero-order valence-electron chi connectivity index (χ0n) is 19.0. The fourth-order valence-electron chi connectivity index (χ4n) is 5.15. The Balaban J connectivity index is 1.37. The van der Waals surface area contributed by atoms with Gasteiger partial charge in [0.1, 0.15) is 17.4 Å². The first kappa shape index (κ1) is 21.3. The lowest BCUT2D eigenvalue weighted by Crippen LogP contribution is -2.13. The highest BCUT2D eigenvalue weighted by molar-refractivity contribution is 5.81. The van der Waals surface area contributed by atoms with Crippen LogP contribution in [0.25, 0.3) is 0 Å². The first-order valence-corrected chi connectivity index (χ1v) is 12.0. The van der Waals surface area contributed by atoms with Crippen molar-refractivity contribution >= 4 is 5.78 Å². The molecule has 1 aromatic carbocycles. The standard InChI is InChI=1S/C26H37N3O/c1-18-9-11-22(19(2)15-18)17-23(30)12-14-26-28-27-25(29(26)24-16-20(24)3)13-10-21-7-5-4-6-8-21/h9,11,15,20-21,24H,4-8,10,12-14,16-17H2,1-3H3/t20-,24-/m1/s1. The fraction of sp³-hybridized carbons (Fsp3) is 0.654. The number of aromatic nitrogens is 3. The molecule has 0 radical (unpaired) electrons. The van der Waals surface area contributed by atoms with Gasteiger partial charge in [-0.05, 0) is 49.7 Å². The van der Waals surface area contributed by atoms with E-state index in [4.69, 9.17) is 0 Å². The van der Waals surface area contributed by atoms with Gasteiger partial charge in [-0.2, -0.15) is 0 Å². The monoisotopic (exact) mass is 407 g/mol. The molecule has 2 aromatic rings. The van der Waals surface area contributed by atoms with Crippen LogP contribution in [-0.2, 0) is 24.1 Å². The molecule has 4 rings (SSSR count). The lowest BCUT2D eigenvalue weighted by Gasteiger charge is -2.21. The number of hydrogen-bond acceptors (Lipinski definition) is 3. The van der Waals surface area contributed by atoms with Gasteiger partial charge in [-0.3, -0.25) is 4.79 Å². The van der Waals surface area contributed by atoms with Crippen LogP contribution in [-0.4, -0.2) is 20.5 Å². The molecule has 0 bridgehead atoms. The van der Waals surface area contributed by atoms with Crippen molar-refractivity contribution in [1.82, 2.24) is 14.8 Å². The van der Waals surface area contributed by atoms with Crippen molar-refractivity contribution in [1.29, 1.82) is 0 Å². The van der Waals surface area contributed by atoms with Gasteiger partial charge in [0.25, 0.3) is 0 Å². The number of ketones is 1. The Morgan fingerprint density at radius 2 is 1.77 bits per heavy atom. The van der Waals surface area contributed by atoms with Gasteiger partial charge in [-0.15, -0.1) is 10.2 Å². The summed E-state index contributed by atoms with van der Waals surface area (Å²) in [5, 5.41) is 9.13. The van der Waals surface area contributed by atoms with Crippen LogP contribution in [0.5, 0.6) is 0 Å². The summed E-state index contributed by atoms with van der Waals surface area (Å²) in [6.45, 7) is 6.50. The van der Waals surface area contributed by atoms with Crippen LogP contribution in [0.2, 0.25) is 0 Å². The normalized spacial score (nSPS) is 21.7. The van der Waals surface area contributed by atoms with E-state index in [1.54, 1.807) is 0 Å². The van der Waals surface area contributed by atoms with Gasteiger partial charge in [0, 0.05) is 31.7 Å². The summed E-state index contributed by atoms with van der Waals surface area (Å²) in [5.74, 6) is 4.05. The molecule has 0 unspecified atom stereocenters. The highest BCUT2D eigenvalue weighted by Gasteiger charge is 2.37. The zero-order valence-corrected chi connectivity index (χ0v) is 19.0. The van der Waals surface area contributed by atoms with Crippen molar-refractivity contribution in [2.45, 2.75) is 97.4 Å². The summed E-state index contributed by atoms with van der Waals surface area (Å²) in [7, 11) is 0. The number of carbonyl (C=O) groups excluding carboxylic acids is 1. The van der Waals surface area contributed by atoms with E-state index in [-0.39, 0.29) is 0 Å². The van der Waals surface area contributed by atoms with Crippen molar-refractivity contribution in [3.05, 3.63) is 46.5 Å². The summed E-state index contributed by atoms with van der Waals surface area (Å²) in [6, 6.07) is 6.90. The molecule has 30 heavy (non-hydrogen) atoms. The van der Waals surface area contributed by atoms with Crippen molar-refractivity contribution in [3.63, 3.8) is 0 Å². The van der Waals surface area contributed by atoms with Crippen LogP contribution in [0.4, 0.5) is 0 Å². The lowest BCUT2D eigenvalue weighted by atomic mass is 9.86. The Hall–Kier alpha value is -1.97. The topological polar surface area (TPSA) is 47.8 Å². The number of aryl methyl sites for hydroxylation is 4. The second kappa shape index (κ2) is 9.45. The third-order valence-electron chi connectivity index (χ3n) is 7.25. The van der Waals surface area contributed by atoms with Crippen LogP contribution < -0.4 is 0 Å². The summed E-state index contributed by atoms with van der Waals surface area (Å²) in [4.78, 5) is 12.7. The Kier molecular flexibility index (Phi) is 6.70. The quantitative estimate of drug-likeness (QED) is 0.533. The molecule has 0 spiro atoms. The molecule has 162 valence electrons. The van der Waals surface area contributed by atoms with E-state index in [9.17, 15) is 4.79 Å². The number of nitrogens with zero attached hydrogens (tertiary/aromatic N) is 3. The first-order chi connectivity index (χ1) is 14.5. The maximum atomic E-state index is 12.7. The molecule has 1 heterocycles. The van der Waals surface area contributed by atoms with Gasteiger partial charge >= 0.3 is 0 Å². The highest BCUT2D eigenvalue weighted by Crippen LogP contribution is 2.44. The third-order valence-corrected chi connectivity index (χ3v) is 7.25. The molecule has 2 fully saturated rings. The van der Waals surface area contributed by atoms with Gasteiger partial charge in [-0.1, -0.05) is 62.8 Å². The zero-order chi connectivity index (χ0) is 21.1. The minimum absolute atomic E-state index is 0.295. The lowest BCUT2D eigenvalue weighted by molar-refractivity contribution is -0.118. The van der Waals surface area contributed by atoms with Crippen LogP contribution in [0.3, 0.4) is 0 Å². The largest absolute Gasteiger partial charge is 0.312 e.